The van der Waals surface area contributed by atoms with Crippen LogP contribution in [0.4, 0.5) is 5.69 Å². The van der Waals surface area contributed by atoms with Crippen molar-refractivity contribution in [1.82, 2.24) is 0 Å². The summed E-state index contributed by atoms with van der Waals surface area (Å²) in [6, 6.07) is 14.0. The van der Waals surface area contributed by atoms with Gasteiger partial charge in [0, 0.05) is 18.7 Å². The number of ether oxygens (including phenoxy) is 2. The molecule has 132 valence electrons. The molecule has 3 N–H and O–H groups in total. The topological polar surface area (TPSA) is 68.9 Å². The summed E-state index contributed by atoms with van der Waals surface area (Å²) in [5.41, 5.74) is 9.41. The van der Waals surface area contributed by atoms with Crippen molar-refractivity contribution in [2.24, 2.45) is 10.7 Å². The van der Waals surface area contributed by atoms with Gasteiger partial charge in [0.15, 0.2) is 5.96 Å². The van der Waals surface area contributed by atoms with Gasteiger partial charge in [-0.05, 0) is 61.7 Å². The molecule has 2 aromatic carbocycles. The van der Waals surface area contributed by atoms with E-state index in [0.29, 0.717) is 12.5 Å². The predicted molar refractivity (Wildman–Crippen MR) is 102 cm³/mol. The van der Waals surface area contributed by atoms with Crippen molar-refractivity contribution in [3.05, 3.63) is 53.6 Å². The summed E-state index contributed by atoms with van der Waals surface area (Å²) in [6.45, 7) is 5.44. The molecule has 0 spiro atoms. The van der Waals surface area contributed by atoms with Crippen LogP contribution < -0.4 is 20.5 Å². The van der Waals surface area contributed by atoms with Crippen LogP contribution in [0.3, 0.4) is 0 Å². The molecule has 3 rings (SSSR count). The van der Waals surface area contributed by atoms with E-state index in [1.54, 1.807) is 0 Å². The fourth-order valence-corrected chi connectivity index (χ4v) is 2.78. The van der Waals surface area contributed by atoms with Gasteiger partial charge < -0.3 is 20.5 Å². The van der Waals surface area contributed by atoms with Gasteiger partial charge in [-0.25, -0.2) is 0 Å². The average molecular weight is 339 g/mol. The quantitative estimate of drug-likeness (QED) is 0.625. The Bertz CT molecular complexity index is 739. The van der Waals surface area contributed by atoms with Crippen LogP contribution in [-0.2, 0) is 12.8 Å². The molecule has 0 saturated heterocycles. The van der Waals surface area contributed by atoms with Crippen LogP contribution in [0.15, 0.2) is 47.5 Å². The van der Waals surface area contributed by atoms with Crippen molar-refractivity contribution >= 4 is 11.6 Å². The number of hydrogen-bond donors (Lipinski definition) is 2. The molecule has 25 heavy (non-hydrogen) atoms. The molecule has 2 aromatic rings. The van der Waals surface area contributed by atoms with Crippen LogP contribution >= 0.6 is 0 Å². The first-order valence-corrected chi connectivity index (χ1v) is 8.68. The first-order valence-electron chi connectivity index (χ1n) is 8.68. The van der Waals surface area contributed by atoms with Gasteiger partial charge in [0.2, 0.25) is 0 Å². The first-order chi connectivity index (χ1) is 12.1. The second-order valence-electron chi connectivity index (χ2n) is 6.37. The number of anilines is 1. The van der Waals surface area contributed by atoms with Gasteiger partial charge in [0.1, 0.15) is 11.5 Å². The molecule has 0 fully saturated rings. The largest absolute Gasteiger partial charge is 0.493 e. The zero-order valence-corrected chi connectivity index (χ0v) is 14.8. The third-order valence-electron chi connectivity index (χ3n) is 3.93. The standard InChI is InChI=1S/C20H25N3O2/c1-14(2)25-18-6-4-17(5-7-18)23-20(21)22-11-9-15-3-8-19-16(13-15)10-12-24-19/h3-8,13-14H,9-12H2,1-2H3,(H3,21,22,23). The van der Waals surface area contributed by atoms with E-state index in [-0.39, 0.29) is 6.10 Å². The lowest BCUT2D eigenvalue weighted by molar-refractivity contribution is 0.242. The highest BCUT2D eigenvalue weighted by Gasteiger charge is 2.11. The summed E-state index contributed by atoms with van der Waals surface area (Å²) in [5.74, 6) is 2.27. The molecule has 0 radical (unpaired) electrons. The van der Waals surface area contributed by atoms with Crippen molar-refractivity contribution in [2.75, 3.05) is 18.5 Å². The fourth-order valence-electron chi connectivity index (χ4n) is 2.78. The molecular formula is C20H25N3O2. The number of nitrogens with two attached hydrogens (primary N) is 1. The zero-order valence-electron chi connectivity index (χ0n) is 14.8. The van der Waals surface area contributed by atoms with Crippen molar-refractivity contribution in [3.8, 4) is 11.5 Å². The molecule has 0 unspecified atom stereocenters. The minimum atomic E-state index is 0.163. The second-order valence-corrected chi connectivity index (χ2v) is 6.37. The number of fused-ring (bicyclic) bond motifs is 1. The van der Waals surface area contributed by atoms with Crippen LogP contribution in [-0.4, -0.2) is 25.2 Å². The molecule has 0 bridgehead atoms. The van der Waals surface area contributed by atoms with E-state index < -0.39 is 0 Å². The predicted octanol–water partition coefficient (Wildman–Crippen LogP) is 3.38. The summed E-state index contributed by atoms with van der Waals surface area (Å²) in [7, 11) is 0. The minimum absolute atomic E-state index is 0.163. The summed E-state index contributed by atoms with van der Waals surface area (Å²) < 4.78 is 11.1. The normalized spacial score (nSPS) is 13.5. The zero-order chi connectivity index (χ0) is 17.6. The SMILES string of the molecule is CC(C)Oc1ccc(NC(N)=NCCc2ccc3c(c2)CCO3)cc1. The number of hydrogen-bond acceptors (Lipinski definition) is 3. The molecule has 0 atom stereocenters. The third kappa shape index (κ3) is 4.89. The van der Waals surface area contributed by atoms with E-state index in [1.165, 1.54) is 11.1 Å². The van der Waals surface area contributed by atoms with Gasteiger partial charge in [-0.15, -0.1) is 0 Å². The van der Waals surface area contributed by atoms with E-state index in [2.05, 4.69) is 22.4 Å². The number of rotatable bonds is 6. The average Bonchev–Trinajstić information content (AvgIpc) is 3.04. The van der Waals surface area contributed by atoms with Crippen molar-refractivity contribution in [2.45, 2.75) is 32.8 Å². The van der Waals surface area contributed by atoms with E-state index in [0.717, 1.165) is 36.6 Å². The highest BCUT2D eigenvalue weighted by atomic mass is 16.5. The Morgan fingerprint density at radius 3 is 2.80 bits per heavy atom. The van der Waals surface area contributed by atoms with Crippen molar-refractivity contribution < 1.29 is 9.47 Å². The minimum Gasteiger partial charge on any atom is -0.493 e. The number of aliphatic imine (C=N–C) groups is 1. The summed E-state index contributed by atoms with van der Waals surface area (Å²) in [4.78, 5) is 4.40. The molecule has 5 heteroatoms. The van der Waals surface area contributed by atoms with Crippen molar-refractivity contribution in [3.63, 3.8) is 0 Å². The molecule has 0 amide bonds. The Morgan fingerprint density at radius 2 is 2.04 bits per heavy atom. The molecule has 1 aliphatic heterocycles. The van der Waals surface area contributed by atoms with Crippen LogP contribution in [0.2, 0.25) is 0 Å². The molecule has 0 aliphatic carbocycles. The van der Waals surface area contributed by atoms with Crippen molar-refractivity contribution in [1.29, 1.82) is 0 Å². The molecule has 1 heterocycles. The lowest BCUT2D eigenvalue weighted by Crippen LogP contribution is -2.23. The maximum atomic E-state index is 5.97. The lowest BCUT2D eigenvalue weighted by atomic mass is 10.1. The molecule has 0 saturated carbocycles. The van der Waals surface area contributed by atoms with Crippen LogP contribution in [0, 0.1) is 0 Å². The summed E-state index contributed by atoms with van der Waals surface area (Å²) >= 11 is 0. The maximum absolute atomic E-state index is 5.97. The van der Waals surface area contributed by atoms with Gasteiger partial charge in [-0.1, -0.05) is 12.1 Å². The van der Waals surface area contributed by atoms with Gasteiger partial charge in [-0.2, -0.15) is 0 Å². The molecule has 5 nitrogen and oxygen atoms in total. The molecule has 1 aliphatic rings. The van der Waals surface area contributed by atoms with Crippen LogP contribution in [0.5, 0.6) is 11.5 Å². The molecule has 0 aromatic heterocycles. The Kier molecular flexibility index (Phi) is 5.43. The van der Waals surface area contributed by atoms with Gasteiger partial charge in [0.05, 0.1) is 12.7 Å². The third-order valence-corrected chi connectivity index (χ3v) is 3.93. The van der Waals surface area contributed by atoms with E-state index >= 15 is 0 Å². The summed E-state index contributed by atoms with van der Waals surface area (Å²) in [5, 5.41) is 3.10. The van der Waals surface area contributed by atoms with E-state index in [9.17, 15) is 0 Å². The number of nitrogens with one attached hydrogen (secondary N) is 1. The monoisotopic (exact) mass is 339 g/mol. The number of guanidine groups is 1. The van der Waals surface area contributed by atoms with Gasteiger partial charge in [-0.3, -0.25) is 4.99 Å². The number of benzene rings is 2. The Hall–Kier alpha value is -2.69. The van der Waals surface area contributed by atoms with Crippen LogP contribution in [0.25, 0.3) is 0 Å². The highest BCUT2D eigenvalue weighted by Crippen LogP contribution is 2.26. The highest BCUT2D eigenvalue weighted by molar-refractivity contribution is 5.92. The maximum Gasteiger partial charge on any atom is 0.193 e. The van der Waals surface area contributed by atoms with Gasteiger partial charge >= 0.3 is 0 Å². The number of nitrogens with zero attached hydrogens (tertiary/aromatic N) is 1. The van der Waals surface area contributed by atoms with Crippen LogP contribution in [0.1, 0.15) is 25.0 Å². The fraction of sp³-hybridized carbons (Fsp3) is 0.350. The summed E-state index contributed by atoms with van der Waals surface area (Å²) in [6.07, 6.45) is 2.01. The lowest BCUT2D eigenvalue weighted by Gasteiger charge is -2.11. The Morgan fingerprint density at radius 1 is 1.24 bits per heavy atom. The Labute approximate surface area is 148 Å². The first kappa shape index (κ1) is 17.1. The Balaban J connectivity index is 1.50. The van der Waals surface area contributed by atoms with Gasteiger partial charge in [0.25, 0.3) is 0 Å². The second kappa shape index (κ2) is 7.92. The molecular weight excluding hydrogens is 314 g/mol. The smallest absolute Gasteiger partial charge is 0.193 e. The van der Waals surface area contributed by atoms with E-state index in [1.807, 2.05) is 44.2 Å². The van der Waals surface area contributed by atoms with E-state index in [4.69, 9.17) is 15.2 Å².